The fourth-order valence-corrected chi connectivity index (χ4v) is 3.45. The third-order valence-electron chi connectivity index (χ3n) is 4.97. The molecule has 1 fully saturated rings. The van der Waals surface area contributed by atoms with E-state index >= 15 is 0 Å². The van der Waals surface area contributed by atoms with Gasteiger partial charge in [-0.25, -0.2) is 0 Å². The molecule has 9 nitrogen and oxygen atoms in total. The van der Waals surface area contributed by atoms with Crippen LogP contribution in [0, 0.1) is 6.92 Å². The van der Waals surface area contributed by atoms with Crippen molar-refractivity contribution in [3.8, 4) is 0 Å². The maximum Gasteiger partial charge on any atom is 0.232 e. The number of carbonyl (C=O) groups is 2. The molecule has 0 saturated carbocycles. The van der Waals surface area contributed by atoms with E-state index in [1.807, 2.05) is 36.1 Å². The second-order valence-corrected chi connectivity index (χ2v) is 6.88. The van der Waals surface area contributed by atoms with Gasteiger partial charge in [0.25, 0.3) is 0 Å². The van der Waals surface area contributed by atoms with Crippen LogP contribution in [0.2, 0.25) is 0 Å². The lowest BCUT2D eigenvalue weighted by atomic mass is 9.91. The van der Waals surface area contributed by atoms with Crippen LogP contribution in [0.25, 0.3) is 0 Å². The van der Waals surface area contributed by atoms with E-state index in [0.717, 1.165) is 5.56 Å². The quantitative estimate of drug-likeness (QED) is 0.730. The zero-order chi connectivity index (χ0) is 19.7. The second kappa shape index (κ2) is 7.43. The van der Waals surface area contributed by atoms with Crippen molar-refractivity contribution >= 4 is 35.1 Å². The van der Waals surface area contributed by atoms with Crippen molar-refractivity contribution in [2.45, 2.75) is 19.3 Å². The van der Waals surface area contributed by atoms with Crippen LogP contribution in [0.1, 0.15) is 23.5 Å². The number of hydrogen-bond donors (Lipinski definition) is 3. The molecule has 4 N–H and O–H groups in total. The Kier molecular flexibility index (Phi) is 4.82. The molecule has 1 atom stereocenters. The zero-order valence-corrected chi connectivity index (χ0v) is 15.6. The number of aromatic nitrogens is 2. The van der Waals surface area contributed by atoms with E-state index in [0.29, 0.717) is 49.3 Å². The van der Waals surface area contributed by atoms with E-state index in [9.17, 15) is 9.59 Å². The van der Waals surface area contributed by atoms with E-state index in [-0.39, 0.29) is 24.1 Å². The third-order valence-corrected chi connectivity index (χ3v) is 4.97. The van der Waals surface area contributed by atoms with Crippen LogP contribution in [0.15, 0.2) is 24.3 Å². The SMILES string of the molecule is Cc1ccccc1NC(=O)[C@@H]1CC(=O)Nc2nc(N3CCOCC3)nc(N)c21. The monoisotopic (exact) mass is 382 g/mol. The first-order valence-corrected chi connectivity index (χ1v) is 9.19. The average molecular weight is 382 g/mol. The number of nitrogen functional groups attached to an aromatic ring is 1. The number of fused-ring (bicyclic) bond motifs is 1. The lowest BCUT2D eigenvalue weighted by Crippen LogP contribution is -2.38. The molecule has 0 bridgehead atoms. The van der Waals surface area contributed by atoms with E-state index < -0.39 is 5.92 Å². The Balaban J connectivity index is 1.65. The molecule has 0 spiro atoms. The highest BCUT2D eigenvalue weighted by atomic mass is 16.5. The highest BCUT2D eigenvalue weighted by Crippen LogP contribution is 2.36. The van der Waals surface area contributed by atoms with Crippen LogP contribution in [0.4, 0.5) is 23.3 Å². The van der Waals surface area contributed by atoms with Crippen LogP contribution in [0.3, 0.4) is 0 Å². The second-order valence-electron chi connectivity index (χ2n) is 6.88. The Hall–Kier alpha value is -3.20. The summed E-state index contributed by atoms with van der Waals surface area (Å²) in [7, 11) is 0. The Labute approximate surface area is 162 Å². The van der Waals surface area contributed by atoms with Crippen molar-refractivity contribution in [2.24, 2.45) is 0 Å². The molecule has 0 radical (unpaired) electrons. The molecule has 0 aliphatic carbocycles. The number of nitrogens with zero attached hydrogens (tertiary/aromatic N) is 3. The summed E-state index contributed by atoms with van der Waals surface area (Å²) in [5.41, 5.74) is 8.30. The molecule has 146 valence electrons. The normalized spacial score (nSPS) is 19.0. The number of ether oxygens (including phenoxy) is 1. The summed E-state index contributed by atoms with van der Waals surface area (Å²) in [4.78, 5) is 36.0. The van der Waals surface area contributed by atoms with Crippen LogP contribution in [-0.2, 0) is 14.3 Å². The summed E-state index contributed by atoms with van der Waals surface area (Å²) in [6.45, 7) is 4.35. The fraction of sp³-hybridized carbons (Fsp3) is 0.368. The molecule has 0 unspecified atom stereocenters. The summed E-state index contributed by atoms with van der Waals surface area (Å²) in [6.07, 6.45) is -0.00479. The lowest BCUT2D eigenvalue weighted by molar-refractivity contribution is -0.123. The highest BCUT2D eigenvalue weighted by Gasteiger charge is 2.35. The molecule has 28 heavy (non-hydrogen) atoms. The number of hydrogen-bond acceptors (Lipinski definition) is 7. The molecule has 2 aliphatic rings. The number of nitrogens with two attached hydrogens (primary N) is 1. The number of morpholine rings is 1. The van der Waals surface area contributed by atoms with Crippen molar-refractivity contribution < 1.29 is 14.3 Å². The Morgan fingerprint density at radius 1 is 1.29 bits per heavy atom. The van der Waals surface area contributed by atoms with Crippen molar-refractivity contribution in [1.82, 2.24) is 9.97 Å². The van der Waals surface area contributed by atoms with Gasteiger partial charge in [0.15, 0.2) is 0 Å². The number of carbonyl (C=O) groups excluding carboxylic acids is 2. The van der Waals surface area contributed by atoms with Gasteiger partial charge in [-0.2, -0.15) is 9.97 Å². The molecule has 2 aliphatic heterocycles. The summed E-state index contributed by atoms with van der Waals surface area (Å²) < 4.78 is 5.34. The maximum atomic E-state index is 12.9. The number of aryl methyl sites for hydroxylation is 1. The molecule has 3 heterocycles. The van der Waals surface area contributed by atoms with E-state index in [1.165, 1.54) is 0 Å². The molecular formula is C19H22N6O3. The lowest BCUT2D eigenvalue weighted by Gasteiger charge is -2.30. The van der Waals surface area contributed by atoms with Gasteiger partial charge in [-0.05, 0) is 18.6 Å². The van der Waals surface area contributed by atoms with Crippen LogP contribution < -0.4 is 21.3 Å². The first kappa shape index (κ1) is 18.2. The standard InChI is InChI=1S/C19H22N6O3/c1-11-4-2-3-5-13(11)21-18(27)12-10-14(26)22-17-15(12)16(20)23-19(24-17)25-6-8-28-9-7-25/h2-5,12H,6-10H2,1H3,(H,21,27)(H3,20,22,23,24,26)/t12-/m1/s1. The fourth-order valence-electron chi connectivity index (χ4n) is 3.45. The predicted octanol–water partition coefficient (Wildman–Crippen LogP) is 1.27. The van der Waals surface area contributed by atoms with Gasteiger partial charge in [0.05, 0.1) is 24.7 Å². The van der Waals surface area contributed by atoms with Crippen LogP contribution in [0.5, 0.6) is 0 Å². The van der Waals surface area contributed by atoms with E-state index in [4.69, 9.17) is 10.5 Å². The largest absolute Gasteiger partial charge is 0.383 e. The molecule has 1 aromatic heterocycles. The van der Waals surface area contributed by atoms with Crippen molar-refractivity contribution in [2.75, 3.05) is 47.6 Å². The molecule has 1 aromatic carbocycles. The number of anilines is 4. The summed E-state index contributed by atoms with van der Waals surface area (Å²) in [5.74, 6) is -0.392. The van der Waals surface area contributed by atoms with Crippen molar-refractivity contribution in [3.63, 3.8) is 0 Å². The minimum Gasteiger partial charge on any atom is -0.383 e. The number of benzene rings is 1. The number of rotatable bonds is 3. The van der Waals surface area contributed by atoms with Gasteiger partial charge in [0.1, 0.15) is 11.6 Å². The Morgan fingerprint density at radius 2 is 2.04 bits per heavy atom. The van der Waals surface area contributed by atoms with Gasteiger partial charge in [-0.1, -0.05) is 18.2 Å². The molecule has 2 aromatic rings. The zero-order valence-electron chi connectivity index (χ0n) is 15.6. The smallest absolute Gasteiger partial charge is 0.232 e. The topological polar surface area (TPSA) is 122 Å². The van der Waals surface area contributed by atoms with Gasteiger partial charge in [-0.3, -0.25) is 9.59 Å². The summed E-state index contributed by atoms with van der Waals surface area (Å²) in [5, 5.41) is 5.62. The maximum absolute atomic E-state index is 12.9. The molecule has 9 heteroatoms. The Bertz CT molecular complexity index is 926. The van der Waals surface area contributed by atoms with Crippen molar-refractivity contribution in [1.29, 1.82) is 0 Å². The number of amides is 2. The number of para-hydroxylation sites is 1. The Morgan fingerprint density at radius 3 is 2.79 bits per heavy atom. The first-order valence-electron chi connectivity index (χ1n) is 9.19. The molecule has 4 rings (SSSR count). The van der Waals surface area contributed by atoms with Gasteiger partial charge in [0.2, 0.25) is 17.8 Å². The summed E-state index contributed by atoms with van der Waals surface area (Å²) in [6, 6.07) is 7.46. The first-order chi connectivity index (χ1) is 13.5. The predicted molar refractivity (Wildman–Crippen MR) is 105 cm³/mol. The van der Waals surface area contributed by atoms with E-state index in [1.54, 1.807) is 0 Å². The highest BCUT2D eigenvalue weighted by molar-refractivity contribution is 6.05. The van der Waals surface area contributed by atoms with Gasteiger partial charge < -0.3 is 26.0 Å². The van der Waals surface area contributed by atoms with Gasteiger partial charge >= 0.3 is 0 Å². The average Bonchev–Trinajstić information content (AvgIpc) is 2.69. The number of nitrogens with one attached hydrogen (secondary N) is 2. The minimum atomic E-state index is -0.748. The molecular weight excluding hydrogens is 360 g/mol. The van der Waals surface area contributed by atoms with Crippen molar-refractivity contribution in [3.05, 3.63) is 35.4 Å². The summed E-state index contributed by atoms with van der Waals surface area (Å²) >= 11 is 0. The van der Waals surface area contributed by atoms with Gasteiger partial charge in [0, 0.05) is 25.2 Å². The van der Waals surface area contributed by atoms with Crippen LogP contribution in [-0.4, -0.2) is 48.1 Å². The van der Waals surface area contributed by atoms with Crippen LogP contribution >= 0.6 is 0 Å². The molecule has 2 amide bonds. The molecule has 1 saturated heterocycles. The minimum absolute atomic E-state index is 0.00479. The van der Waals surface area contributed by atoms with Gasteiger partial charge in [-0.15, -0.1) is 0 Å². The van der Waals surface area contributed by atoms with E-state index in [2.05, 4.69) is 20.6 Å². The third kappa shape index (κ3) is 3.48.